The van der Waals surface area contributed by atoms with Crippen molar-refractivity contribution in [3.63, 3.8) is 0 Å². The Bertz CT molecular complexity index is 1250. The number of hydrogen-bond acceptors (Lipinski definition) is 6. The molecule has 0 aliphatic heterocycles. The normalized spacial score (nSPS) is 18.6. The molecule has 3 aromatic heterocycles. The summed E-state index contributed by atoms with van der Waals surface area (Å²) >= 11 is 0. The second kappa shape index (κ2) is 8.45. The minimum atomic E-state index is -0.712. The second-order valence-corrected chi connectivity index (χ2v) is 7.85. The third kappa shape index (κ3) is 4.08. The fourth-order valence-corrected chi connectivity index (χ4v) is 4.17. The number of aromatic amines is 1. The summed E-state index contributed by atoms with van der Waals surface area (Å²) in [7, 11) is 0. The number of halogens is 3. The van der Waals surface area contributed by atoms with Gasteiger partial charge in [0.2, 0.25) is 0 Å². The fourth-order valence-electron chi connectivity index (χ4n) is 4.17. The van der Waals surface area contributed by atoms with Gasteiger partial charge in [-0.2, -0.15) is 0 Å². The highest BCUT2D eigenvalue weighted by molar-refractivity contribution is 5.94. The summed E-state index contributed by atoms with van der Waals surface area (Å²) in [5.74, 6) is -1.01. The van der Waals surface area contributed by atoms with Gasteiger partial charge in [0.25, 0.3) is 0 Å². The van der Waals surface area contributed by atoms with Crippen molar-refractivity contribution in [2.45, 2.75) is 37.8 Å². The maximum atomic E-state index is 14.5. The summed E-state index contributed by atoms with van der Waals surface area (Å²) in [4.78, 5) is 19.2. The fraction of sp³-hybridized carbons (Fsp3) is 0.273. The highest BCUT2D eigenvalue weighted by atomic mass is 19.1. The van der Waals surface area contributed by atoms with Gasteiger partial charge in [-0.1, -0.05) is 0 Å². The minimum absolute atomic E-state index is 0.00167. The van der Waals surface area contributed by atoms with E-state index in [0.29, 0.717) is 10.9 Å². The van der Waals surface area contributed by atoms with E-state index in [2.05, 4.69) is 35.6 Å². The van der Waals surface area contributed by atoms with Crippen molar-refractivity contribution < 1.29 is 13.2 Å². The lowest BCUT2D eigenvalue weighted by Crippen LogP contribution is -2.35. The van der Waals surface area contributed by atoms with Gasteiger partial charge in [-0.05, 0) is 37.8 Å². The number of hydrogen-bond donors (Lipinski definition) is 3. The Morgan fingerprint density at radius 3 is 2.66 bits per heavy atom. The van der Waals surface area contributed by atoms with Crippen LogP contribution in [0.2, 0.25) is 0 Å². The highest BCUT2D eigenvalue weighted by Gasteiger charge is 2.24. The second-order valence-electron chi connectivity index (χ2n) is 7.85. The summed E-state index contributed by atoms with van der Waals surface area (Å²) in [6.07, 6.45) is 9.28. The SMILES string of the molecule is Fc1cc(F)c2[nH]cc(-c3ncc(F)c(N[C@H]4CCC[C@@H](Nc5ccncn5)C4)n3)c2c1. The molecule has 0 saturated heterocycles. The minimum Gasteiger partial charge on any atom is -0.367 e. The summed E-state index contributed by atoms with van der Waals surface area (Å²) < 4.78 is 42.3. The van der Waals surface area contributed by atoms with E-state index in [1.165, 1.54) is 18.6 Å². The molecule has 10 heteroatoms. The van der Waals surface area contributed by atoms with E-state index in [0.717, 1.165) is 43.8 Å². The standard InChI is InChI=1S/C22H20F3N7/c23-12-6-15-16(9-27-20(15)17(24)7-12)21-28-10-18(25)22(32-21)31-14-3-1-2-13(8-14)30-19-4-5-26-11-29-19/h4-7,9-11,13-14,27H,1-3,8H2,(H,26,29,30)(H,28,31,32)/t13-,14+/m1/s1. The molecule has 2 atom stereocenters. The van der Waals surface area contributed by atoms with Crippen molar-refractivity contribution in [2.75, 3.05) is 10.6 Å². The largest absolute Gasteiger partial charge is 0.367 e. The predicted molar refractivity (Wildman–Crippen MR) is 115 cm³/mol. The Labute approximate surface area is 181 Å². The Morgan fingerprint density at radius 2 is 1.84 bits per heavy atom. The van der Waals surface area contributed by atoms with Crippen LogP contribution in [0.3, 0.4) is 0 Å². The van der Waals surface area contributed by atoms with E-state index in [9.17, 15) is 13.2 Å². The van der Waals surface area contributed by atoms with Crippen molar-refractivity contribution in [1.29, 1.82) is 0 Å². The molecule has 3 N–H and O–H groups in total. The molecule has 32 heavy (non-hydrogen) atoms. The molecule has 1 aromatic carbocycles. The molecular weight excluding hydrogens is 419 g/mol. The quantitative estimate of drug-likeness (QED) is 0.419. The van der Waals surface area contributed by atoms with Gasteiger partial charge in [-0.25, -0.2) is 33.1 Å². The molecule has 4 aromatic rings. The number of rotatable bonds is 5. The number of nitrogens with zero attached hydrogens (tertiary/aromatic N) is 4. The van der Waals surface area contributed by atoms with Gasteiger partial charge >= 0.3 is 0 Å². The van der Waals surface area contributed by atoms with Gasteiger partial charge < -0.3 is 15.6 Å². The molecule has 0 unspecified atom stereocenters. The number of benzene rings is 1. The van der Waals surface area contributed by atoms with Crippen LogP contribution in [0.4, 0.5) is 24.8 Å². The first-order chi connectivity index (χ1) is 15.6. The smallest absolute Gasteiger partial charge is 0.183 e. The van der Waals surface area contributed by atoms with Crippen LogP contribution in [-0.4, -0.2) is 37.0 Å². The molecule has 1 fully saturated rings. The maximum Gasteiger partial charge on any atom is 0.183 e. The van der Waals surface area contributed by atoms with Crippen LogP contribution in [0, 0.1) is 17.5 Å². The number of aromatic nitrogens is 5. The molecule has 164 valence electrons. The number of fused-ring (bicyclic) bond motifs is 1. The molecule has 3 heterocycles. The Morgan fingerprint density at radius 1 is 1.00 bits per heavy atom. The van der Waals surface area contributed by atoms with Crippen LogP contribution in [0.1, 0.15) is 25.7 Å². The molecule has 1 saturated carbocycles. The molecule has 0 radical (unpaired) electrons. The monoisotopic (exact) mass is 439 g/mol. The molecule has 1 aliphatic rings. The first kappa shape index (κ1) is 20.2. The zero-order valence-electron chi connectivity index (χ0n) is 16.9. The van der Waals surface area contributed by atoms with Crippen molar-refractivity contribution in [2.24, 2.45) is 0 Å². The Hall–Kier alpha value is -3.69. The van der Waals surface area contributed by atoms with E-state index in [-0.39, 0.29) is 29.2 Å². The molecule has 1 aliphatic carbocycles. The van der Waals surface area contributed by atoms with Gasteiger partial charge in [-0.15, -0.1) is 0 Å². The van der Waals surface area contributed by atoms with Crippen molar-refractivity contribution in [1.82, 2.24) is 24.9 Å². The van der Waals surface area contributed by atoms with Gasteiger partial charge in [0, 0.05) is 41.5 Å². The van der Waals surface area contributed by atoms with Crippen LogP contribution in [-0.2, 0) is 0 Å². The molecular formula is C22H20F3N7. The van der Waals surface area contributed by atoms with Crippen molar-refractivity contribution in [3.05, 3.63) is 60.6 Å². The Kier molecular flexibility index (Phi) is 5.34. The van der Waals surface area contributed by atoms with Crippen LogP contribution in [0.25, 0.3) is 22.3 Å². The third-order valence-electron chi connectivity index (χ3n) is 5.64. The van der Waals surface area contributed by atoms with E-state index in [1.807, 2.05) is 0 Å². The van der Waals surface area contributed by atoms with E-state index >= 15 is 0 Å². The van der Waals surface area contributed by atoms with Crippen molar-refractivity contribution in [3.8, 4) is 11.4 Å². The number of H-pyrrole nitrogens is 1. The summed E-state index contributed by atoms with van der Waals surface area (Å²) in [6.45, 7) is 0. The van der Waals surface area contributed by atoms with E-state index < -0.39 is 17.5 Å². The first-order valence-electron chi connectivity index (χ1n) is 10.3. The van der Waals surface area contributed by atoms with Crippen LogP contribution >= 0.6 is 0 Å². The van der Waals surface area contributed by atoms with Crippen molar-refractivity contribution >= 4 is 22.5 Å². The molecule has 5 rings (SSSR count). The average molecular weight is 439 g/mol. The average Bonchev–Trinajstić information content (AvgIpc) is 3.20. The number of anilines is 2. The maximum absolute atomic E-state index is 14.5. The van der Waals surface area contributed by atoms with Crippen LogP contribution < -0.4 is 10.6 Å². The lowest BCUT2D eigenvalue weighted by atomic mass is 9.91. The summed E-state index contributed by atoms with van der Waals surface area (Å²) in [5.41, 5.74) is 0.545. The molecule has 0 bridgehead atoms. The third-order valence-corrected chi connectivity index (χ3v) is 5.64. The highest BCUT2D eigenvalue weighted by Crippen LogP contribution is 2.30. The molecule has 7 nitrogen and oxygen atoms in total. The predicted octanol–water partition coefficient (Wildman–Crippen LogP) is 4.67. The van der Waals surface area contributed by atoms with Crippen LogP contribution in [0.5, 0.6) is 0 Å². The van der Waals surface area contributed by atoms with Crippen LogP contribution in [0.15, 0.2) is 43.1 Å². The van der Waals surface area contributed by atoms with E-state index in [4.69, 9.17) is 0 Å². The van der Waals surface area contributed by atoms with Gasteiger partial charge in [0.15, 0.2) is 17.5 Å². The van der Waals surface area contributed by atoms with Gasteiger partial charge in [0.1, 0.15) is 23.8 Å². The lowest BCUT2D eigenvalue weighted by molar-refractivity contribution is 0.424. The van der Waals surface area contributed by atoms with Gasteiger partial charge in [0.05, 0.1) is 11.7 Å². The summed E-state index contributed by atoms with van der Waals surface area (Å²) in [5, 5.41) is 6.86. The topological polar surface area (TPSA) is 91.4 Å². The molecule has 0 amide bonds. The summed E-state index contributed by atoms with van der Waals surface area (Å²) in [6, 6.07) is 3.99. The first-order valence-corrected chi connectivity index (χ1v) is 10.3. The van der Waals surface area contributed by atoms with E-state index in [1.54, 1.807) is 12.3 Å². The lowest BCUT2D eigenvalue weighted by Gasteiger charge is -2.31. The molecule has 0 spiro atoms. The van der Waals surface area contributed by atoms with Gasteiger partial charge in [-0.3, -0.25) is 0 Å². The zero-order valence-corrected chi connectivity index (χ0v) is 16.9. The Balaban J connectivity index is 1.37. The zero-order chi connectivity index (χ0) is 22.1. The number of nitrogens with one attached hydrogen (secondary N) is 3.